The lowest BCUT2D eigenvalue weighted by atomic mass is 10.3. The lowest BCUT2D eigenvalue weighted by Crippen LogP contribution is -1.92. The van der Waals surface area contributed by atoms with Crippen molar-refractivity contribution >= 4 is 44.0 Å². The Balaban J connectivity index is 1.90. The minimum Gasteiger partial charge on any atom is -0.494 e. The molecule has 1 N–H and O–H groups in total. The van der Waals surface area contributed by atoms with E-state index in [1.54, 1.807) is 18.2 Å². The molecule has 102 valence electrons. The average molecular weight is 309 g/mol. The van der Waals surface area contributed by atoms with E-state index in [0.29, 0.717) is 15.8 Å². The highest BCUT2D eigenvalue weighted by Gasteiger charge is 2.07. The van der Waals surface area contributed by atoms with E-state index in [-0.39, 0.29) is 5.75 Å². The number of nitrogens with one attached hydrogen (secondary N) is 1. The lowest BCUT2D eigenvalue weighted by Gasteiger charge is -2.05. The number of benzene rings is 2. The molecule has 3 nitrogen and oxygen atoms in total. The van der Waals surface area contributed by atoms with Crippen molar-refractivity contribution in [2.75, 3.05) is 12.4 Å². The fraction of sp³-hybridized carbons (Fsp3) is 0.0714. The van der Waals surface area contributed by atoms with Gasteiger partial charge in [-0.1, -0.05) is 22.9 Å². The smallest absolute Gasteiger partial charge is 0.188 e. The minimum absolute atomic E-state index is 0.214. The van der Waals surface area contributed by atoms with Crippen molar-refractivity contribution in [3.05, 3.63) is 47.2 Å². The SMILES string of the molecule is COc1ccc(Nc2nc3cc(Cl)ccc3s2)cc1F. The van der Waals surface area contributed by atoms with Gasteiger partial charge in [0.05, 0.1) is 17.3 Å². The number of rotatable bonds is 3. The first-order valence-electron chi connectivity index (χ1n) is 5.82. The molecule has 1 aromatic heterocycles. The second-order valence-electron chi connectivity index (χ2n) is 4.11. The molecule has 20 heavy (non-hydrogen) atoms. The highest BCUT2D eigenvalue weighted by molar-refractivity contribution is 7.22. The highest BCUT2D eigenvalue weighted by atomic mass is 35.5. The molecule has 0 bridgehead atoms. The third-order valence-electron chi connectivity index (χ3n) is 2.75. The molecule has 2 aromatic carbocycles. The number of hydrogen-bond acceptors (Lipinski definition) is 4. The first-order chi connectivity index (χ1) is 9.65. The summed E-state index contributed by atoms with van der Waals surface area (Å²) in [5, 5.41) is 4.40. The van der Waals surface area contributed by atoms with Crippen LogP contribution in [0.4, 0.5) is 15.2 Å². The predicted molar refractivity (Wildman–Crippen MR) is 80.9 cm³/mol. The number of hydrogen-bond donors (Lipinski definition) is 1. The second kappa shape index (κ2) is 5.26. The van der Waals surface area contributed by atoms with Gasteiger partial charge in [-0.05, 0) is 30.3 Å². The van der Waals surface area contributed by atoms with Crippen LogP contribution >= 0.6 is 22.9 Å². The molecule has 3 aromatic rings. The number of aromatic nitrogens is 1. The Morgan fingerprint density at radius 2 is 2.10 bits per heavy atom. The molecule has 0 aliphatic heterocycles. The summed E-state index contributed by atoms with van der Waals surface area (Å²) in [6, 6.07) is 10.2. The Morgan fingerprint density at radius 1 is 1.25 bits per heavy atom. The summed E-state index contributed by atoms with van der Waals surface area (Å²) in [4.78, 5) is 4.41. The van der Waals surface area contributed by atoms with E-state index in [2.05, 4.69) is 10.3 Å². The average Bonchev–Trinajstić information content (AvgIpc) is 2.80. The molecule has 1 heterocycles. The Kier molecular flexibility index (Phi) is 3.46. The van der Waals surface area contributed by atoms with Gasteiger partial charge in [-0.3, -0.25) is 0 Å². The maximum Gasteiger partial charge on any atom is 0.188 e. The Morgan fingerprint density at radius 3 is 2.85 bits per heavy atom. The topological polar surface area (TPSA) is 34.1 Å². The molecular weight excluding hydrogens is 299 g/mol. The van der Waals surface area contributed by atoms with Crippen LogP contribution in [0.15, 0.2) is 36.4 Å². The summed E-state index contributed by atoms with van der Waals surface area (Å²) >= 11 is 7.41. The van der Waals surface area contributed by atoms with Crippen LogP contribution in [0.25, 0.3) is 10.2 Å². The van der Waals surface area contributed by atoms with E-state index in [1.807, 2.05) is 12.1 Å². The van der Waals surface area contributed by atoms with Crippen molar-refractivity contribution < 1.29 is 9.13 Å². The first-order valence-corrected chi connectivity index (χ1v) is 7.02. The predicted octanol–water partition coefficient (Wildman–Crippen LogP) is 4.84. The van der Waals surface area contributed by atoms with Gasteiger partial charge in [0.25, 0.3) is 0 Å². The van der Waals surface area contributed by atoms with E-state index in [1.165, 1.54) is 24.5 Å². The summed E-state index contributed by atoms with van der Waals surface area (Å²) < 4.78 is 19.5. The number of anilines is 2. The number of fused-ring (bicyclic) bond motifs is 1. The van der Waals surface area contributed by atoms with Crippen molar-refractivity contribution in [2.24, 2.45) is 0 Å². The second-order valence-corrected chi connectivity index (χ2v) is 5.57. The van der Waals surface area contributed by atoms with Crippen LogP contribution in [-0.2, 0) is 0 Å². The van der Waals surface area contributed by atoms with Gasteiger partial charge in [-0.15, -0.1) is 0 Å². The fourth-order valence-corrected chi connectivity index (χ4v) is 2.85. The van der Waals surface area contributed by atoms with E-state index in [9.17, 15) is 4.39 Å². The summed E-state index contributed by atoms with van der Waals surface area (Å²) in [6.07, 6.45) is 0. The fourth-order valence-electron chi connectivity index (χ4n) is 1.82. The maximum absolute atomic E-state index is 13.6. The summed E-state index contributed by atoms with van der Waals surface area (Å²) in [5.74, 6) is -0.201. The van der Waals surface area contributed by atoms with E-state index < -0.39 is 5.82 Å². The van der Waals surface area contributed by atoms with Gasteiger partial charge < -0.3 is 10.1 Å². The van der Waals surface area contributed by atoms with Gasteiger partial charge >= 0.3 is 0 Å². The van der Waals surface area contributed by atoms with Crippen LogP contribution in [0.2, 0.25) is 5.02 Å². The summed E-state index contributed by atoms with van der Waals surface area (Å²) in [5.41, 5.74) is 1.44. The molecule has 0 aliphatic rings. The Hall–Kier alpha value is -1.85. The minimum atomic E-state index is -0.415. The standard InChI is InChI=1S/C14H10ClFN2OS/c1-19-12-4-3-9(7-10(12)16)17-14-18-11-6-8(15)2-5-13(11)20-14/h2-7H,1H3,(H,17,18). The third kappa shape index (κ3) is 2.55. The zero-order chi connectivity index (χ0) is 14.1. The number of ether oxygens (including phenoxy) is 1. The quantitative estimate of drug-likeness (QED) is 0.751. The van der Waals surface area contributed by atoms with Crippen molar-refractivity contribution in [1.82, 2.24) is 4.98 Å². The zero-order valence-electron chi connectivity index (χ0n) is 10.5. The van der Waals surface area contributed by atoms with Crippen LogP contribution in [0.5, 0.6) is 5.75 Å². The van der Waals surface area contributed by atoms with Crippen LogP contribution in [0.3, 0.4) is 0 Å². The number of halogens is 2. The molecule has 3 rings (SSSR count). The zero-order valence-corrected chi connectivity index (χ0v) is 12.1. The van der Waals surface area contributed by atoms with Gasteiger partial charge in [0.1, 0.15) is 0 Å². The number of methoxy groups -OCH3 is 1. The highest BCUT2D eigenvalue weighted by Crippen LogP contribution is 2.31. The summed E-state index contributed by atoms with van der Waals surface area (Å²) in [6.45, 7) is 0. The molecule has 0 saturated heterocycles. The van der Waals surface area contributed by atoms with Crippen molar-refractivity contribution in [3.63, 3.8) is 0 Å². The van der Waals surface area contributed by atoms with E-state index >= 15 is 0 Å². The van der Waals surface area contributed by atoms with Crippen molar-refractivity contribution in [2.45, 2.75) is 0 Å². The van der Waals surface area contributed by atoms with Crippen molar-refractivity contribution in [3.8, 4) is 5.75 Å². The molecular formula is C14H10ClFN2OS. The normalized spacial score (nSPS) is 10.8. The van der Waals surface area contributed by atoms with Crippen molar-refractivity contribution in [1.29, 1.82) is 0 Å². The van der Waals surface area contributed by atoms with Gasteiger partial charge in [0.2, 0.25) is 0 Å². The van der Waals surface area contributed by atoms with Gasteiger partial charge in [0, 0.05) is 16.8 Å². The Bertz CT molecular complexity index is 775. The van der Waals surface area contributed by atoms with Crippen LogP contribution in [0.1, 0.15) is 0 Å². The van der Waals surface area contributed by atoms with Crippen LogP contribution in [0, 0.1) is 5.82 Å². The molecule has 0 unspecified atom stereocenters. The maximum atomic E-state index is 13.6. The van der Waals surface area contributed by atoms with Crippen LogP contribution in [-0.4, -0.2) is 12.1 Å². The third-order valence-corrected chi connectivity index (χ3v) is 3.94. The van der Waals surface area contributed by atoms with Crippen LogP contribution < -0.4 is 10.1 Å². The van der Waals surface area contributed by atoms with Gasteiger partial charge in [0.15, 0.2) is 16.7 Å². The van der Waals surface area contributed by atoms with E-state index in [0.717, 1.165) is 10.2 Å². The first kappa shape index (κ1) is 13.1. The molecule has 6 heteroatoms. The molecule has 0 atom stereocenters. The van der Waals surface area contributed by atoms with Gasteiger partial charge in [-0.2, -0.15) is 0 Å². The van der Waals surface area contributed by atoms with E-state index in [4.69, 9.17) is 16.3 Å². The largest absolute Gasteiger partial charge is 0.494 e. The Labute approximate surface area is 124 Å². The molecule has 0 saturated carbocycles. The molecule has 0 aliphatic carbocycles. The number of nitrogens with zero attached hydrogens (tertiary/aromatic N) is 1. The summed E-state index contributed by atoms with van der Waals surface area (Å²) in [7, 11) is 1.43. The number of thiazole rings is 1. The molecule has 0 spiro atoms. The molecule has 0 fully saturated rings. The van der Waals surface area contributed by atoms with Gasteiger partial charge in [-0.25, -0.2) is 9.37 Å². The lowest BCUT2D eigenvalue weighted by molar-refractivity contribution is 0.386. The molecule has 0 amide bonds. The molecule has 0 radical (unpaired) electrons. The monoisotopic (exact) mass is 308 g/mol.